The molecule has 1 aromatic heterocycles. The highest BCUT2D eigenvalue weighted by molar-refractivity contribution is 6.24. The molecule has 8 heteroatoms. The van der Waals surface area contributed by atoms with E-state index in [9.17, 15) is 9.59 Å². The third kappa shape index (κ3) is 4.01. The number of nitrogens with zero attached hydrogens (tertiary/aromatic N) is 3. The lowest BCUT2D eigenvalue weighted by Crippen LogP contribution is -2.46. The first kappa shape index (κ1) is 18.4. The summed E-state index contributed by atoms with van der Waals surface area (Å²) in [5.74, 6) is 1.06. The number of anilines is 1. The quantitative estimate of drug-likeness (QED) is 0.852. The zero-order valence-corrected chi connectivity index (χ0v) is 15.6. The largest absolute Gasteiger partial charge is 0.497 e. The Bertz CT molecular complexity index is 1050. The fraction of sp³-hybridized carbons (Fsp3) is 0.143. The molecule has 0 fully saturated rings. The lowest BCUT2D eigenvalue weighted by Gasteiger charge is -2.31. The Hall–Kier alpha value is -3.94. The van der Waals surface area contributed by atoms with Crippen molar-refractivity contribution >= 4 is 29.3 Å². The molecule has 0 radical (unpaired) electrons. The molecule has 0 saturated heterocycles. The number of amidine groups is 1. The Kier molecular flexibility index (Phi) is 5.07. The third-order valence-corrected chi connectivity index (χ3v) is 4.44. The number of hydrogen-bond acceptors (Lipinski definition) is 4. The summed E-state index contributed by atoms with van der Waals surface area (Å²) >= 11 is 0. The van der Waals surface area contributed by atoms with Crippen LogP contribution in [-0.2, 0) is 6.54 Å². The van der Waals surface area contributed by atoms with E-state index in [2.05, 4.69) is 15.3 Å². The summed E-state index contributed by atoms with van der Waals surface area (Å²) in [5.41, 5.74) is 1.08. The minimum Gasteiger partial charge on any atom is -0.497 e. The number of urea groups is 2. The number of allylic oxidation sites excluding steroid dienone is 3. The maximum atomic E-state index is 12.6. The predicted molar refractivity (Wildman–Crippen MR) is 108 cm³/mol. The van der Waals surface area contributed by atoms with Crippen molar-refractivity contribution in [3.63, 3.8) is 0 Å². The minimum atomic E-state index is -0.602. The molecular formula is C21H18N4O4. The van der Waals surface area contributed by atoms with Gasteiger partial charge in [-0.1, -0.05) is 24.3 Å². The predicted octanol–water partition coefficient (Wildman–Crippen LogP) is 4.04. The summed E-state index contributed by atoms with van der Waals surface area (Å²) < 4.78 is 10.5. The number of nitrogens with one attached hydrogen (secondary N) is 1. The van der Waals surface area contributed by atoms with Crippen molar-refractivity contribution in [2.45, 2.75) is 6.54 Å². The molecule has 4 amide bonds. The molecule has 1 N–H and O–H groups in total. The smallest absolute Gasteiger partial charge is 0.349 e. The third-order valence-electron chi connectivity index (χ3n) is 4.44. The van der Waals surface area contributed by atoms with E-state index in [4.69, 9.17) is 9.15 Å². The van der Waals surface area contributed by atoms with Gasteiger partial charge in [0.1, 0.15) is 17.3 Å². The van der Waals surface area contributed by atoms with Crippen molar-refractivity contribution < 1.29 is 18.7 Å². The van der Waals surface area contributed by atoms with E-state index in [1.165, 1.54) is 11.2 Å². The molecule has 2 aromatic rings. The topological polar surface area (TPSA) is 96.5 Å². The van der Waals surface area contributed by atoms with Gasteiger partial charge in [0, 0.05) is 11.8 Å². The van der Waals surface area contributed by atoms with Gasteiger partial charge < -0.3 is 14.5 Å². The number of amides is 4. The van der Waals surface area contributed by atoms with Crippen LogP contribution < -0.4 is 10.1 Å². The van der Waals surface area contributed by atoms with Gasteiger partial charge in [-0.25, -0.2) is 9.59 Å². The molecule has 1 aliphatic heterocycles. The van der Waals surface area contributed by atoms with Crippen LogP contribution in [-0.4, -0.2) is 35.6 Å². The van der Waals surface area contributed by atoms with Crippen LogP contribution in [0.4, 0.5) is 15.3 Å². The molecule has 29 heavy (non-hydrogen) atoms. The molecular weight excluding hydrogens is 372 g/mol. The maximum Gasteiger partial charge on any atom is 0.349 e. The average molecular weight is 390 g/mol. The highest BCUT2D eigenvalue weighted by atomic mass is 16.5. The summed E-state index contributed by atoms with van der Waals surface area (Å²) in [4.78, 5) is 34.9. The van der Waals surface area contributed by atoms with Crippen LogP contribution in [0.3, 0.4) is 0 Å². The highest BCUT2D eigenvalue weighted by Crippen LogP contribution is 2.23. The SMILES string of the molecule is COc1cccc(NC(=O)/N=C2\C3C=CC=CC3=NC(=O)N2Cc2ccco2)c1. The Labute approximate surface area is 166 Å². The molecule has 1 aromatic carbocycles. The van der Waals surface area contributed by atoms with Crippen molar-refractivity contribution in [2.75, 3.05) is 12.4 Å². The Morgan fingerprint density at radius 1 is 1.31 bits per heavy atom. The van der Waals surface area contributed by atoms with Gasteiger partial charge in [0.2, 0.25) is 0 Å². The summed E-state index contributed by atoms with van der Waals surface area (Å²) in [7, 11) is 1.55. The first-order chi connectivity index (χ1) is 14.1. The summed E-state index contributed by atoms with van der Waals surface area (Å²) in [6.07, 6.45) is 8.73. The van der Waals surface area contributed by atoms with E-state index >= 15 is 0 Å². The fourth-order valence-electron chi connectivity index (χ4n) is 3.09. The molecule has 1 unspecified atom stereocenters. The van der Waals surface area contributed by atoms with E-state index in [0.29, 0.717) is 22.9 Å². The van der Waals surface area contributed by atoms with Crippen LogP contribution in [0.15, 0.2) is 81.4 Å². The van der Waals surface area contributed by atoms with Gasteiger partial charge in [0.15, 0.2) is 0 Å². The first-order valence-electron chi connectivity index (χ1n) is 8.95. The van der Waals surface area contributed by atoms with Crippen LogP contribution in [0.25, 0.3) is 0 Å². The van der Waals surface area contributed by atoms with E-state index in [1.54, 1.807) is 55.7 Å². The first-order valence-corrected chi connectivity index (χ1v) is 8.95. The summed E-state index contributed by atoms with van der Waals surface area (Å²) in [5, 5.41) is 2.70. The second-order valence-corrected chi connectivity index (χ2v) is 6.34. The Morgan fingerprint density at radius 3 is 3.00 bits per heavy atom. The molecule has 146 valence electrons. The standard InChI is InChI=1S/C21H18N4O4/c1-28-15-7-4-6-14(12-15)22-20(26)24-19-17-9-2-3-10-18(17)23-21(27)25(19)13-16-8-5-11-29-16/h2-12,17H,13H2,1H3,(H,22,26)/b24-19+. The number of carbonyl (C=O) groups excluding carboxylic acids is 2. The molecule has 2 heterocycles. The van der Waals surface area contributed by atoms with E-state index < -0.39 is 18.0 Å². The van der Waals surface area contributed by atoms with Gasteiger partial charge in [0.25, 0.3) is 0 Å². The van der Waals surface area contributed by atoms with Crippen molar-refractivity contribution in [3.8, 4) is 5.75 Å². The molecule has 1 aliphatic carbocycles. The van der Waals surface area contributed by atoms with Gasteiger partial charge in [-0.2, -0.15) is 9.98 Å². The maximum absolute atomic E-state index is 12.6. The molecule has 0 saturated carbocycles. The van der Waals surface area contributed by atoms with Gasteiger partial charge >= 0.3 is 12.1 Å². The number of methoxy groups -OCH3 is 1. The monoisotopic (exact) mass is 390 g/mol. The van der Waals surface area contributed by atoms with E-state index in [0.717, 1.165) is 0 Å². The Morgan fingerprint density at radius 2 is 2.21 bits per heavy atom. The lowest BCUT2D eigenvalue weighted by atomic mass is 9.94. The van der Waals surface area contributed by atoms with Crippen LogP contribution in [0.1, 0.15) is 5.76 Å². The molecule has 2 aliphatic rings. The molecule has 0 spiro atoms. The van der Waals surface area contributed by atoms with Gasteiger partial charge in [-0.3, -0.25) is 4.90 Å². The van der Waals surface area contributed by atoms with Crippen molar-refractivity contribution in [1.29, 1.82) is 0 Å². The minimum absolute atomic E-state index is 0.127. The number of benzene rings is 1. The van der Waals surface area contributed by atoms with E-state index in [-0.39, 0.29) is 12.4 Å². The van der Waals surface area contributed by atoms with Crippen LogP contribution in [0.5, 0.6) is 5.75 Å². The number of rotatable bonds is 4. The highest BCUT2D eigenvalue weighted by Gasteiger charge is 2.35. The van der Waals surface area contributed by atoms with Crippen molar-refractivity contribution in [2.24, 2.45) is 15.9 Å². The zero-order chi connectivity index (χ0) is 20.2. The summed E-state index contributed by atoms with van der Waals surface area (Å²) in [6.45, 7) is 0.127. The molecule has 1 atom stereocenters. The zero-order valence-electron chi connectivity index (χ0n) is 15.6. The van der Waals surface area contributed by atoms with Crippen molar-refractivity contribution in [3.05, 3.63) is 72.7 Å². The molecule has 0 bridgehead atoms. The Balaban J connectivity index is 1.65. The summed E-state index contributed by atoms with van der Waals surface area (Å²) in [6, 6.07) is 9.31. The van der Waals surface area contributed by atoms with Gasteiger partial charge in [-0.15, -0.1) is 0 Å². The average Bonchev–Trinajstić information content (AvgIpc) is 3.24. The molecule has 4 rings (SSSR count). The number of hydrogen-bond donors (Lipinski definition) is 1. The molecule has 8 nitrogen and oxygen atoms in total. The fourth-order valence-corrected chi connectivity index (χ4v) is 3.09. The van der Waals surface area contributed by atoms with Crippen LogP contribution in [0, 0.1) is 5.92 Å². The second-order valence-electron chi connectivity index (χ2n) is 6.34. The normalized spacial score (nSPS) is 19.1. The van der Waals surface area contributed by atoms with Gasteiger partial charge in [0.05, 0.1) is 31.5 Å². The lowest BCUT2D eigenvalue weighted by molar-refractivity contribution is 0.223. The second kappa shape index (κ2) is 7.97. The number of furan rings is 1. The van der Waals surface area contributed by atoms with Gasteiger partial charge in [-0.05, 0) is 30.3 Å². The number of aliphatic imine (C=N–C) groups is 2. The van der Waals surface area contributed by atoms with E-state index in [1.807, 2.05) is 12.2 Å². The number of fused-ring (bicyclic) bond motifs is 1. The van der Waals surface area contributed by atoms with Crippen LogP contribution in [0.2, 0.25) is 0 Å². The van der Waals surface area contributed by atoms with Crippen molar-refractivity contribution in [1.82, 2.24) is 4.90 Å². The number of ether oxygens (including phenoxy) is 1. The number of carbonyl (C=O) groups is 2. The van der Waals surface area contributed by atoms with Crippen LogP contribution >= 0.6 is 0 Å².